The number of esters is 1. The SMILES string of the molecule is COC(=O)c1cccc(C(O)C(O)CCCl)c1F. The van der Waals surface area contributed by atoms with Crippen molar-refractivity contribution < 1.29 is 24.1 Å². The van der Waals surface area contributed by atoms with Crippen LogP contribution in [-0.4, -0.2) is 35.3 Å². The molecule has 18 heavy (non-hydrogen) atoms. The van der Waals surface area contributed by atoms with Crippen LogP contribution in [0.2, 0.25) is 0 Å². The van der Waals surface area contributed by atoms with E-state index in [-0.39, 0.29) is 23.4 Å². The summed E-state index contributed by atoms with van der Waals surface area (Å²) in [5.74, 6) is -1.60. The molecule has 0 aromatic heterocycles. The Hall–Kier alpha value is -1.17. The van der Waals surface area contributed by atoms with E-state index in [1.807, 2.05) is 0 Å². The number of rotatable bonds is 5. The van der Waals surface area contributed by atoms with Crippen molar-refractivity contribution in [2.45, 2.75) is 18.6 Å². The number of ether oxygens (including phenoxy) is 1. The fourth-order valence-corrected chi connectivity index (χ4v) is 1.75. The second kappa shape index (κ2) is 6.68. The summed E-state index contributed by atoms with van der Waals surface area (Å²) >= 11 is 5.43. The molecule has 0 amide bonds. The summed E-state index contributed by atoms with van der Waals surface area (Å²) < 4.78 is 18.4. The van der Waals surface area contributed by atoms with E-state index in [1.54, 1.807) is 0 Å². The van der Waals surface area contributed by atoms with Gasteiger partial charge in [-0.15, -0.1) is 11.6 Å². The lowest BCUT2D eigenvalue weighted by Gasteiger charge is -2.18. The largest absolute Gasteiger partial charge is 0.465 e. The van der Waals surface area contributed by atoms with E-state index in [2.05, 4.69) is 4.74 Å². The minimum Gasteiger partial charge on any atom is -0.465 e. The molecule has 100 valence electrons. The summed E-state index contributed by atoms with van der Waals surface area (Å²) in [6, 6.07) is 3.94. The summed E-state index contributed by atoms with van der Waals surface area (Å²) in [7, 11) is 1.13. The van der Waals surface area contributed by atoms with Gasteiger partial charge in [-0.3, -0.25) is 0 Å². The van der Waals surface area contributed by atoms with Gasteiger partial charge in [0.2, 0.25) is 0 Å². The number of aliphatic hydroxyl groups excluding tert-OH is 2. The van der Waals surface area contributed by atoms with Gasteiger partial charge in [-0.2, -0.15) is 0 Å². The average Bonchev–Trinajstić information content (AvgIpc) is 2.37. The molecule has 0 fully saturated rings. The maximum atomic E-state index is 14.0. The molecular formula is C12H14ClFO4. The van der Waals surface area contributed by atoms with Gasteiger partial charge in [-0.25, -0.2) is 9.18 Å². The topological polar surface area (TPSA) is 66.8 Å². The van der Waals surface area contributed by atoms with Crippen molar-refractivity contribution in [2.75, 3.05) is 13.0 Å². The number of methoxy groups -OCH3 is 1. The molecule has 1 aromatic rings. The molecule has 6 heteroatoms. The lowest BCUT2D eigenvalue weighted by Crippen LogP contribution is -2.21. The summed E-state index contributed by atoms with van der Waals surface area (Å²) in [4.78, 5) is 11.3. The molecule has 0 heterocycles. The number of carbonyl (C=O) groups excluding carboxylic acids is 1. The van der Waals surface area contributed by atoms with Gasteiger partial charge in [0.15, 0.2) is 0 Å². The van der Waals surface area contributed by atoms with Gasteiger partial charge in [-0.05, 0) is 12.5 Å². The molecule has 0 aliphatic rings. The monoisotopic (exact) mass is 276 g/mol. The fraction of sp³-hybridized carbons (Fsp3) is 0.417. The molecule has 0 radical (unpaired) electrons. The molecule has 0 saturated heterocycles. The Kier molecular flexibility index (Phi) is 5.53. The van der Waals surface area contributed by atoms with Crippen LogP contribution in [0.25, 0.3) is 0 Å². The van der Waals surface area contributed by atoms with Crippen molar-refractivity contribution in [3.63, 3.8) is 0 Å². The van der Waals surface area contributed by atoms with Crippen molar-refractivity contribution in [1.29, 1.82) is 0 Å². The molecule has 2 N–H and O–H groups in total. The van der Waals surface area contributed by atoms with E-state index < -0.39 is 24.0 Å². The number of hydrogen-bond donors (Lipinski definition) is 2. The smallest absolute Gasteiger partial charge is 0.340 e. The third kappa shape index (κ3) is 3.19. The Balaban J connectivity index is 3.06. The molecule has 4 nitrogen and oxygen atoms in total. The van der Waals surface area contributed by atoms with Gasteiger partial charge in [0.05, 0.1) is 18.8 Å². The zero-order valence-corrected chi connectivity index (χ0v) is 10.5. The van der Waals surface area contributed by atoms with Crippen LogP contribution in [0, 0.1) is 5.82 Å². The van der Waals surface area contributed by atoms with Crippen LogP contribution in [-0.2, 0) is 4.74 Å². The van der Waals surface area contributed by atoms with Gasteiger partial charge >= 0.3 is 5.97 Å². The average molecular weight is 277 g/mol. The molecule has 1 aromatic carbocycles. The molecule has 0 bridgehead atoms. The third-order valence-electron chi connectivity index (χ3n) is 2.52. The lowest BCUT2D eigenvalue weighted by atomic mass is 9.99. The molecular weight excluding hydrogens is 263 g/mol. The van der Waals surface area contributed by atoms with E-state index in [0.29, 0.717) is 0 Å². The van der Waals surface area contributed by atoms with E-state index in [4.69, 9.17) is 11.6 Å². The van der Waals surface area contributed by atoms with Crippen molar-refractivity contribution >= 4 is 17.6 Å². The highest BCUT2D eigenvalue weighted by atomic mass is 35.5. The Morgan fingerprint density at radius 1 is 1.50 bits per heavy atom. The predicted octanol–water partition coefficient (Wildman–Crippen LogP) is 1.64. The van der Waals surface area contributed by atoms with E-state index in [1.165, 1.54) is 18.2 Å². The molecule has 0 spiro atoms. The maximum absolute atomic E-state index is 14.0. The lowest BCUT2D eigenvalue weighted by molar-refractivity contribution is 0.0147. The van der Waals surface area contributed by atoms with Crippen molar-refractivity contribution in [3.05, 3.63) is 35.1 Å². The number of benzene rings is 1. The fourth-order valence-electron chi connectivity index (χ4n) is 1.52. The van der Waals surface area contributed by atoms with E-state index in [0.717, 1.165) is 7.11 Å². The highest BCUT2D eigenvalue weighted by molar-refractivity contribution is 6.17. The Labute approximate surface area is 109 Å². The highest BCUT2D eigenvalue weighted by Crippen LogP contribution is 2.24. The second-order valence-corrected chi connectivity index (χ2v) is 4.07. The van der Waals surface area contributed by atoms with Crippen molar-refractivity contribution in [3.8, 4) is 0 Å². The first-order valence-electron chi connectivity index (χ1n) is 5.31. The van der Waals surface area contributed by atoms with Gasteiger partial charge in [0, 0.05) is 11.4 Å². The minimum atomic E-state index is -1.44. The number of alkyl halides is 1. The molecule has 0 aliphatic carbocycles. The van der Waals surface area contributed by atoms with Crippen LogP contribution in [0.1, 0.15) is 28.4 Å². The first-order chi connectivity index (χ1) is 8.52. The number of carbonyl (C=O) groups is 1. The van der Waals surface area contributed by atoms with Gasteiger partial charge in [0.25, 0.3) is 0 Å². The molecule has 2 atom stereocenters. The summed E-state index contributed by atoms with van der Waals surface area (Å²) in [5.41, 5.74) is -0.442. The highest BCUT2D eigenvalue weighted by Gasteiger charge is 2.24. The van der Waals surface area contributed by atoms with Gasteiger partial charge < -0.3 is 14.9 Å². The van der Waals surface area contributed by atoms with Crippen LogP contribution in [0.3, 0.4) is 0 Å². The Morgan fingerprint density at radius 3 is 2.72 bits per heavy atom. The zero-order chi connectivity index (χ0) is 13.7. The molecule has 2 unspecified atom stereocenters. The van der Waals surface area contributed by atoms with E-state index in [9.17, 15) is 19.4 Å². The predicted molar refractivity (Wildman–Crippen MR) is 64.0 cm³/mol. The molecule has 0 aliphatic heterocycles. The van der Waals surface area contributed by atoms with Crippen molar-refractivity contribution in [2.24, 2.45) is 0 Å². The second-order valence-electron chi connectivity index (χ2n) is 3.69. The maximum Gasteiger partial charge on any atom is 0.340 e. The first-order valence-corrected chi connectivity index (χ1v) is 5.85. The number of hydrogen-bond acceptors (Lipinski definition) is 4. The number of halogens is 2. The molecule has 1 rings (SSSR count). The van der Waals surface area contributed by atoms with Crippen LogP contribution in [0.4, 0.5) is 4.39 Å². The standard InChI is InChI=1S/C12H14ClFO4/c1-18-12(17)8-4-2-3-7(10(8)14)11(16)9(15)5-6-13/h2-4,9,11,15-16H,5-6H2,1H3. The van der Waals surface area contributed by atoms with Gasteiger partial charge in [0.1, 0.15) is 11.9 Å². The van der Waals surface area contributed by atoms with Crippen LogP contribution >= 0.6 is 11.6 Å². The van der Waals surface area contributed by atoms with Crippen molar-refractivity contribution in [1.82, 2.24) is 0 Å². The van der Waals surface area contributed by atoms with E-state index >= 15 is 0 Å². The summed E-state index contributed by atoms with van der Waals surface area (Å²) in [6.45, 7) is 0. The summed E-state index contributed by atoms with van der Waals surface area (Å²) in [6.07, 6.45) is -2.51. The summed E-state index contributed by atoms with van der Waals surface area (Å²) in [5, 5.41) is 19.3. The quantitative estimate of drug-likeness (QED) is 0.634. The minimum absolute atomic E-state index is 0.116. The Bertz CT molecular complexity index is 425. The van der Waals surface area contributed by atoms with Crippen LogP contribution in [0.5, 0.6) is 0 Å². The number of aliphatic hydroxyl groups is 2. The molecule has 0 saturated carbocycles. The van der Waals surface area contributed by atoms with Crippen LogP contribution < -0.4 is 0 Å². The van der Waals surface area contributed by atoms with Gasteiger partial charge in [-0.1, -0.05) is 12.1 Å². The zero-order valence-electron chi connectivity index (χ0n) is 9.77. The normalized spacial score (nSPS) is 14.1. The van der Waals surface area contributed by atoms with Crippen LogP contribution in [0.15, 0.2) is 18.2 Å². The third-order valence-corrected chi connectivity index (χ3v) is 2.74. The Morgan fingerprint density at radius 2 is 2.17 bits per heavy atom. The first kappa shape index (κ1) is 14.9.